The number of alkyl carbamates (subject to hydrolysis) is 2. The van der Waals surface area contributed by atoms with Gasteiger partial charge in [-0.3, -0.25) is 0 Å². The quantitative estimate of drug-likeness (QED) is 0.561. The average molecular weight is 424 g/mol. The Morgan fingerprint density at radius 3 is 2.10 bits per heavy atom. The number of benzene rings is 2. The Balaban J connectivity index is 1.63. The minimum atomic E-state index is -1.40. The minimum Gasteiger partial charge on any atom is -0.480 e. The molecule has 2 atom stereocenters. The second-order valence-corrected chi connectivity index (χ2v) is 7.11. The van der Waals surface area contributed by atoms with Gasteiger partial charge in [-0.1, -0.05) is 61.2 Å². The molecule has 31 heavy (non-hydrogen) atoms. The molecule has 0 radical (unpaired) electrons. The smallest absolute Gasteiger partial charge is 0.407 e. The molecule has 0 bridgehead atoms. The third kappa shape index (κ3) is 5.03. The fraction of sp³-hybridized carbons (Fsp3) is 0.261. The number of hydrogen-bond acceptors (Lipinski definition) is 5. The van der Waals surface area contributed by atoms with Crippen LogP contribution in [0.3, 0.4) is 0 Å². The van der Waals surface area contributed by atoms with E-state index in [4.69, 9.17) is 9.47 Å². The van der Waals surface area contributed by atoms with Crippen LogP contribution in [-0.2, 0) is 14.3 Å². The lowest BCUT2D eigenvalue weighted by Crippen LogP contribution is -2.54. The number of carbonyl (C=O) groups excluding carboxylic acids is 2. The first-order valence-electron chi connectivity index (χ1n) is 9.81. The van der Waals surface area contributed by atoms with Crippen molar-refractivity contribution in [3.05, 3.63) is 72.3 Å². The van der Waals surface area contributed by atoms with Crippen molar-refractivity contribution in [2.45, 2.75) is 24.9 Å². The molecule has 8 heteroatoms. The molecule has 0 saturated heterocycles. The summed E-state index contributed by atoms with van der Waals surface area (Å²) in [7, 11) is 0. The second-order valence-electron chi connectivity index (χ2n) is 7.11. The number of amides is 2. The first-order valence-corrected chi connectivity index (χ1v) is 9.81. The van der Waals surface area contributed by atoms with Crippen LogP contribution in [0, 0.1) is 0 Å². The van der Waals surface area contributed by atoms with Gasteiger partial charge in [0, 0.05) is 5.92 Å². The molecule has 1 aliphatic carbocycles. The lowest BCUT2D eigenvalue weighted by Gasteiger charge is -2.22. The van der Waals surface area contributed by atoms with Crippen molar-refractivity contribution in [3.63, 3.8) is 0 Å². The summed E-state index contributed by atoms with van der Waals surface area (Å²) in [6.07, 6.45) is -0.316. The molecule has 0 fully saturated rings. The van der Waals surface area contributed by atoms with E-state index in [1.54, 1.807) is 0 Å². The minimum absolute atomic E-state index is 0.0178. The van der Waals surface area contributed by atoms with Gasteiger partial charge in [0.15, 0.2) is 0 Å². The Labute approximate surface area is 179 Å². The van der Waals surface area contributed by atoms with E-state index in [0.29, 0.717) is 0 Å². The maximum atomic E-state index is 12.3. The molecule has 0 aliphatic heterocycles. The van der Waals surface area contributed by atoms with Gasteiger partial charge in [-0.05, 0) is 29.2 Å². The zero-order valence-electron chi connectivity index (χ0n) is 17.0. The van der Waals surface area contributed by atoms with E-state index in [9.17, 15) is 19.5 Å². The molecule has 8 nitrogen and oxygen atoms in total. The van der Waals surface area contributed by atoms with Crippen LogP contribution in [0.4, 0.5) is 9.59 Å². The van der Waals surface area contributed by atoms with E-state index >= 15 is 0 Å². The summed E-state index contributed by atoms with van der Waals surface area (Å²) in [5.41, 5.74) is 4.27. The van der Waals surface area contributed by atoms with Gasteiger partial charge in [-0.25, -0.2) is 14.4 Å². The summed E-state index contributed by atoms with van der Waals surface area (Å²) in [5, 5.41) is 14.1. The molecule has 3 rings (SSSR count). The van der Waals surface area contributed by atoms with E-state index < -0.39 is 30.2 Å². The molecule has 0 saturated carbocycles. The summed E-state index contributed by atoms with van der Waals surface area (Å²) in [6.45, 7) is 4.90. The SMILES string of the molecule is C=CCOC(=O)N[C@H](C)[C@H](NC(=O)OCC1c2ccccc2-c2ccccc21)C(=O)O. The maximum absolute atomic E-state index is 12.3. The Hall–Kier alpha value is -3.81. The van der Waals surface area contributed by atoms with Crippen LogP contribution in [0.5, 0.6) is 0 Å². The maximum Gasteiger partial charge on any atom is 0.407 e. The van der Waals surface area contributed by atoms with E-state index in [1.165, 1.54) is 13.0 Å². The number of hydrogen-bond donors (Lipinski definition) is 3. The standard InChI is InChI=1S/C23H24N2O6/c1-3-12-30-22(28)24-14(2)20(21(26)27)25-23(29)31-13-19-17-10-6-4-8-15(17)16-9-5-7-11-18(16)19/h3-11,14,19-20H,1,12-13H2,2H3,(H,24,28)(H,25,29)(H,26,27)/t14-,20+/m1/s1. The highest BCUT2D eigenvalue weighted by Crippen LogP contribution is 2.44. The zero-order valence-corrected chi connectivity index (χ0v) is 17.0. The topological polar surface area (TPSA) is 114 Å². The van der Waals surface area contributed by atoms with Crippen LogP contribution in [0.15, 0.2) is 61.2 Å². The van der Waals surface area contributed by atoms with E-state index in [1.807, 2.05) is 48.5 Å². The molecule has 2 amide bonds. The van der Waals surface area contributed by atoms with E-state index in [2.05, 4.69) is 17.2 Å². The summed E-state index contributed by atoms with van der Waals surface area (Å²) in [6, 6.07) is 13.5. The van der Waals surface area contributed by atoms with E-state index in [-0.39, 0.29) is 19.1 Å². The molecule has 0 heterocycles. The molecular weight excluding hydrogens is 400 g/mol. The van der Waals surface area contributed by atoms with Gasteiger partial charge in [-0.2, -0.15) is 0 Å². The van der Waals surface area contributed by atoms with Gasteiger partial charge in [-0.15, -0.1) is 0 Å². The van der Waals surface area contributed by atoms with Crippen molar-refractivity contribution in [2.75, 3.05) is 13.2 Å². The largest absolute Gasteiger partial charge is 0.480 e. The van der Waals surface area contributed by atoms with Gasteiger partial charge >= 0.3 is 18.2 Å². The number of fused-ring (bicyclic) bond motifs is 3. The summed E-state index contributed by atoms with van der Waals surface area (Å²) in [5.74, 6) is -1.46. The van der Waals surface area contributed by atoms with Gasteiger partial charge in [0.05, 0.1) is 6.04 Å². The number of nitrogens with one attached hydrogen (secondary N) is 2. The number of carboxylic acid groups (broad SMARTS) is 1. The Bertz CT molecular complexity index is 944. The van der Waals surface area contributed by atoms with Gasteiger partial charge in [0.25, 0.3) is 0 Å². The van der Waals surface area contributed by atoms with E-state index in [0.717, 1.165) is 22.3 Å². The number of ether oxygens (including phenoxy) is 2. The summed E-state index contributed by atoms with van der Waals surface area (Å²) < 4.78 is 10.1. The van der Waals surface area contributed by atoms with Crippen molar-refractivity contribution < 1.29 is 29.0 Å². The molecular formula is C23H24N2O6. The number of carbonyl (C=O) groups is 3. The molecule has 0 unspecified atom stereocenters. The van der Waals surface area contributed by atoms with Crippen LogP contribution < -0.4 is 10.6 Å². The monoisotopic (exact) mass is 424 g/mol. The fourth-order valence-corrected chi connectivity index (χ4v) is 3.61. The van der Waals surface area contributed by atoms with Crippen molar-refractivity contribution >= 4 is 18.2 Å². The molecule has 2 aromatic carbocycles. The van der Waals surface area contributed by atoms with Crippen LogP contribution in [0.2, 0.25) is 0 Å². The van der Waals surface area contributed by atoms with Crippen molar-refractivity contribution in [1.29, 1.82) is 0 Å². The van der Waals surface area contributed by atoms with Gasteiger partial charge < -0.3 is 25.2 Å². The average Bonchev–Trinajstić information content (AvgIpc) is 3.08. The highest BCUT2D eigenvalue weighted by Gasteiger charge is 2.31. The lowest BCUT2D eigenvalue weighted by atomic mass is 9.98. The normalized spacial score (nSPS) is 13.8. The Morgan fingerprint density at radius 1 is 1.00 bits per heavy atom. The van der Waals surface area contributed by atoms with Crippen molar-refractivity contribution in [3.8, 4) is 11.1 Å². The number of aliphatic carboxylic acids is 1. The fourth-order valence-electron chi connectivity index (χ4n) is 3.61. The van der Waals surface area contributed by atoms with Crippen LogP contribution in [0.25, 0.3) is 11.1 Å². The molecule has 162 valence electrons. The molecule has 1 aliphatic rings. The molecule has 0 aromatic heterocycles. The number of carboxylic acids is 1. The predicted molar refractivity (Wildman–Crippen MR) is 114 cm³/mol. The van der Waals surface area contributed by atoms with Gasteiger partial charge in [0.1, 0.15) is 19.3 Å². The first-order chi connectivity index (χ1) is 14.9. The summed E-state index contributed by atoms with van der Waals surface area (Å²) >= 11 is 0. The molecule has 0 spiro atoms. The molecule has 3 N–H and O–H groups in total. The zero-order chi connectivity index (χ0) is 22.4. The third-order valence-electron chi connectivity index (χ3n) is 5.06. The number of rotatable bonds is 8. The van der Waals surface area contributed by atoms with Gasteiger partial charge in [0.2, 0.25) is 0 Å². The first kappa shape index (κ1) is 21.9. The Kier molecular flexibility index (Phi) is 6.92. The van der Waals surface area contributed by atoms with Crippen LogP contribution >= 0.6 is 0 Å². The molecule has 2 aromatic rings. The second kappa shape index (κ2) is 9.80. The highest BCUT2D eigenvalue weighted by molar-refractivity contribution is 5.82. The van der Waals surface area contributed by atoms with Crippen LogP contribution in [-0.4, -0.2) is 48.6 Å². The third-order valence-corrected chi connectivity index (χ3v) is 5.06. The van der Waals surface area contributed by atoms with Crippen LogP contribution in [0.1, 0.15) is 24.0 Å². The van der Waals surface area contributed by atoms with Crippen molar-refractivity contribution in [2.24, 2.45) is 0 Å². The van der Waals surface area contributed by atoms with Crippen molar-refractivity contribution in [1.82, 2.24) is 10.6 Å². The summed E-state index contributed by atoms with van der Waals surface area (Å²) in [4.78, 5) is 35.6. The predicted octanol–water partition coefficient (Wildman–Crippen LogP) is 3.28. The lowest BCUT2D eigenvalue weighted by molar-refractivity contribution is -0.139. The highest BCUT2D eigenvalue weighted by atomic mass is 16.6. The Morgan fingerprint density at radius 2 is 1.55 bits per heavy atom.